The number of esters is 1. The van der Waals surface area contributed by atoms with Crippen LogP contribution in [0.3, 0.4) is 0 Å². The summed E-state index contributed by atoms with van der Waals surface area (Å²) in [6.45, 7) is 5.26. The summed E-state index contributed by atoms with van der Waals surface area (Å²) >= 11 is 0. The Morgan fingerprint density at radius 1 is 0.703 bits per heavy atom. The number of nitrogens with zero attached hydrogens (tertiary/aromatic N) is 1. The number of hydrogen-bond acceptors (Lipinski definition) is 8. The molecule has 0 amide bonds. The monoisotopic (exact) mass is 513 g/mol. The molecule has 37 heavy (non-hydrogen) atoms. The summed E-state index contributed by atoms with van der Waals surface area (Å²) in [6.07, 6.45) is 7.31. The highest BCUT2D eigenvalue weighted by Gasteiger charge is 2.29. The van der Waals surface area contributed by atoms with Crippen molar-refractivity contribution in [1.29, 1.82) is 5.26 Å². The summed E-state index contributed by atoms with van der Waals surface area (Å²) in [5.41, 5.74) is 1.83. The second-order valence-corrected chi connectivity index (χ2v) is 8.94. The lowest BCUT2D eigenvalue weighted by atomic mass is 10.1. The summed E-state index contributed by atoms with van der Waals surface area (Å²) in [4.78, 5) is 12.7. The average molecular weight is 514 g/mol. The van der Waals surface area contributed by atoms with E-state index in [1.54, 1.807) is 12.1 Å². The van der Waals surface area contributed by atoms with E-state index in [9.17, 15) is 10.1 Å². The molecule has 0 aromatic carbocycles. The maximum absolute atomic E-state index is 12.7. The van der Waals surface area contributed by atoms with E-state index in [0.717, 1.165) is 71.2 Å². The van der Waals surface area contributed by atoms with Crippen LogP contribution in [0, 0.1) is 11.3 Å². The number of fused-ring (bicyclic) bond motifs is 22. The van der Waals surface area contributed by atoms with Crippen molar-refractivity contribution in [3.8, 4) is 28.7 Å². The Morgan fingerprint density at radius 2 is 1.16 bits per heavy atom. The van der Waals surface area contributed by atoms with Gasteiger partial charge in [-0.1, -0.05) is 0 Å². The molecule has 0 atom stereocenters. The Bertz CT molecular complexity index is 972. The predicted molar refractivity (Wildman–Crippen MR) is 140 cm³/mol. The van der Waals surface area contributed by atoms with Gasteiger partial charge in [0.1, 0.15) is 22.9 Å². The second kappa shape index (κ2) is 16.8. The highest BCUT2D eigenvalue weighted by atomic mass is 16.5. The molecule has 4 aliphatic rings. The number of rotatable bonds is 1. The Labute approximate surface area is 220 Å². The van der Waals surface area contributed by atoms with E-state index in [0.29, 0.717) is 55.5 Å². The molecule has 2 aliphatic carbocycles. The smallest absolute Gasteiger partial charge is 0.342 e. The maximum atomic E-state index is 12.7. The Hall–Kier alpha value is -2.86. The molecule has 0 fully saturated rings. The number of hydrogen-bond donors (Lipinski definition) is 0. The number of carbonyl (C=O) groups is 1. The summed E-state index contributed by atoms with van der Waals surface area (Å²) in [7, 11) is 1.33. The van der Waals surface area contributed by atoms with Crippen molar-refractivity contribution in [1.82, 2.24) is 0 Å². The molecule has 0 N–H and O–H groups in total. The van der Waals surface area contributed by atoms with Crippen LogP contribution >= 0.6 is 0 Å². The largest absolute Gasteiger partial charge is 0.494 e. The fraction of sp³-hybridized carbons (Fsp3) is 0.586. The zero-order chi connectivity index (χ0) is 26.1. The Kier molecular flexibility index (Phi) is 13.0. The minimum Gasteiger partial charge on any atom is -0.494 e. The fourth-order valence-corrected chi connectivity index (χ4v) is 4.13. The minimum absolute atomic E-state index is 0.268. The third kappa shape index (κ3) is 9.19. The molecule has 2 heterocycles. The van der Waals surface area contributed by atoms with Crippen LogP contribution < -0.4 is 9.47 Å². The van der Waals surface area contributed by atoms with Gasteiger partial charge in [-0.15, -0.1) is 0 Å². The van der Waals surface area contributed by atoms with Gasteiger partial charge in [-0.2, -0.15) is 5.26 Å². The molecule has 0 aromatic rings. The quantitative estimate of drug-likeness (QED) is 0.468. The standard InChI is InChI=1S/C29H39NO7/c1-32-29(31)27-25-13-11-23-10-12-24(25)26(22-30)28(27)37-21-9-7-19-35-17-5-3-15-33-14-2-4-16-34-18-6-8-20-36-23/h10-13H,2-9,14-21H2,1H3. The molecule has 0 saturated carbocycles. The van der Waals surface area contributed by atoms with Crippen molar-refractivity contribution in [2.45, 2.75) is 51.4 Å². The maximum Gasteiger partial charge on any atom is 0.342 e. The van der Waals surface area contributed by atoms with Crippen molar-refractivity contribution < 1.29 is 33.2 Å². The van der Waals surface area contributed by atoms with Gasteiger partial charge in [0, 0.05) is 50.8 Å². The summed E-state index contributed by atoms with van der Waals surface area (Å²) in [5, 5.41) is 9.91. The lowest BCUT2D eigenvalue weighted by Crippen LogP contribution is -2.07. The van der Waals surface area contributed by atoms with Gasteiger partial charge in [0.15, 0.2) is 5.75 Å². The Morgan fingerprint density at radius 3 is 1.65 bits per heavy atom. The van der Waals surface area contributed by atoms with Crippen LogP contribution in [-0.4, -0.2) is 65.9 Å². The van der Waals surface area contributed by atoms with Crippen LogP contribution in [0.5, 0.6) is 11.5 Å². The third-order valence-corrected chi connectivity index (χ3v) is 6.15. The summed E-state index contributed by atoms with van der Waals surface area (Å²) in [5.74, 6) is 0.402. The van der Waals surface area contributed by atoms with Gasteiger partial charge in [0.2, 0.25) is 0 Å². The van der Waals surface area contributed by atoms with Gasteiger partial charge >= 0.3 is 5.97 Å². The van der Waals surface area contributed by atoms with Crippen LogP contribution in [0.15, 0.2) is 24.3 Å². The van der Waals surface area contributed by atoms with E-state index < -0.39 is 5.97 Å². The molecule has 4 bridgehead atoms. The molecule has 202 valence electrons. The van der Waals surface area contributed by atoms with E-state index in [-0.39, 0.29) is 11.3 Å². The number of ether oxygens (including phenoxy) is 6. The first-order valence-corrected chi connectivity index (χ1v) is 13.3. The van der Waals surface area contributed by atoms with Crippen molar-refractivity contribution in [2.24, 2.45) is 0 Å². The first kappa shape index (κ1) is 28.7. The summed E-state index contributed by atoms with van der Waals surface area (Å²) < 4.78 is 34.0. The van der Waals surface area contributed by atoms with Crippen LogP contribution in [0.1, 0.15) is 67.3 Å². The minimum atomic E-state index is -0.536. The van der Waals surface area contributed by atoms with E-state index >= 15 is 0 Å². The topological polar surface area (TPSA) is 96.2 Å². The molecular weight excluding hydrogens is 474 g/mol. The zero-order valence-corrected chi connectivity index (χ0v) is 21.9. The highest BCUT2D eigenvalue weighted by molar-refractivity contribution is 6.05. The van der Waals surface area contributed by atoms with Crippen LogP contribution in [0.4, 0.5) is 0 Å². The molecule has 0 spiro atoms. The van der Waals surface area contributed by atoms with Gasteiger partial charge in [-0.05, 0) is 75.6 Å². The first-order valence-electron chi connectivity index (χ1n) is 13.3. The molecule has 4 rings (SSSR count). The SMILES string of the molecule is COC(=O)c1c2ccc3ccc-2c(C#N)c1OCCCCOCCCCOCCCCOCCCCO3. The third-order valence-electron chi connectivity index (χ3n) is 6.15. The molecular formula is C29H39NO7. The summed E-state index contributed by atoms with van der Waals surface area (Å²) in [6, 6.07) is 9.43. The van der Waals surface area contributed by atoms with E-state index in [2.05, 4.69) is 6.07 Å². The average Bonchev–Trinajstić information content (AvgIpc) is 3.06. The second-order valence-electron chi connectivity index (χ2n) is 8.94. The van der Waals surface area contributed by atoms with Crippen LogP contribution in [0.2, 0.25) is 0 Å². The molecule has 0 radical (unpaired) electrons. The lowest BCUT2D eigenvalue weighted by molar-refractivity contribution is 0.0597. The number of nitriles is 1. The first-order chi connectivity index (χ1) is 18.3. The van der Waals surface area contributed by atoms with Gasteiger partial charge in [-0.3, -0.25) is 0 Å². The van der Waals surface area contributed by atoms with Gasteiger partial charge < -0.3 is 28.4 Å². The van der Waals surface area contributed by atoms with Gasteiger partial charge in [0.25, 0.3) is 0 Å². The van der Waals surface area contributed by atoms with Gasteiger partial charge in [0.05, 0.1) is 20.3 Å². The van der Waals surface area contributed by atoms with Crippen molar-refractivity contribution in [3.05, 3.63) is 35.4 Å². The normalized spacial score (nSPS) is 17.9. The number of methoxy groups -OCH3 is 1. The Balaban J connectivity index is 1.70. The number of carbonyl (C=O) groups excluding carboxylic acids is 1. The highest BCUT2D eigenvalue weighted by Crippen LogP contribution is 2.42. The fourth-order valence-electron chi connectivity index (χ4n) is 4.13. The van der Waals surface area contributed by atoms with Crippen molar-refractivity contribution in [2.75, 3.05) is 60.0 Å². The molecule has 8 nitrogen and oxygen atoms in total. The zero-order valence-electron chi connectivity index (χ0n) is 21.9. The van der Waals surface area contributed by atoms with Crippen molar-refractivity contribution >= 4 is 5.97 Å². The van der Waals surface area contributed by atoms with E-state index in [4.69, 9.17) is 28.4 Å². The van der Waals surface area contributed by atoms with E-state index in [1.165, 1.54) is 7.11 Å². The molecule has 2 aliphatic heterocycles. The van der Waals surface area contributed by atoms with Crippen molar-refractivity contribution in [3.63, 3.8) is 0 Å². The predicted octanol–water partition coefficient (Wildman–Crippen LogP) is 5.39. The molecule has 0 aromatic heterocycles. The molecule has 8 heteroatoms. The van der Waals surface area contributed by atoms with Gasteiger partial charge in [-0.25, -0.2) is 4.79 Å². The van der Waals surface area contributed by atoms with Crippen LogP contribution in [-0.2, 0) is 18.9 Å². The lowest BCUT2D eigenvalue weighted by Gasteiger charge is -2.09. The van der Waals surface area contributed by atoms with Crippen LogP contribution in [0.25, 0.3) is 11.1 Å². The molecule has 0 saturated heterocycles. The van der Waals surface area contributed by atoms with E-state index in [1.807, 2.05) is 12.1 Å². The molecule has 0 unspecified atom stereocenters.